The van der Waals surface area contributed by atoms with Gasteiger partial charge in [-0.3, -0.25) is 4.79 Å². The van der Waals surface area contributed by atoms with Crippen molar-refractivity contribution in [1.82, 2.24) is 4.98 Å². The fraction of sp³-hybridized carbons (Fsp3) is 0.143. The number of rotatable bonds is 4. The highest BCUT2D eigenvalue weighted by molar-refractivity contribution is 9.10. The molecule has 2 aromatic rings. The van der Waals surface area contributed by atoms with Crippen molar-refractivity contribution in [2.24, 2.45) is 0 Å². The number of hydrogen-bond acceptors (Lipinski definition) is 3. The van der Waals surface area contributed by atoms with E-state index in [9.17, 15) is 13.6 Å². The lowest BCUT2D eigenvalue weighted by molar-refractivity contribution is 0.102. The van der Waals surface area contributed by atoms with Gasteiger partial charge in [-0.2, -0.15) is 0 Å². The molecule has 0 radical (unpaired) electrons. The summed E-state index contributed by atoms with van der Waals surface area (Å²) in [6.07, 6.45) is 1.51. The van der Waals surface area contributed by atoms with Gasteiger partial charge < -0.3 is 10.6 Å². The number of anilines is 2. The Labute approximate surface area is 128 Å². The second-order valence-electron chi connectivity index (χ2n) is 4.16. The van der Waals surface area contributed by atoms with Crippen molar-refractivity contribution in [3.8, 4) is 0 Å². The average molecular weight is 356 g/mol. The van der Waals surface area contributed by atoms with E-state index in [1.54, 1.807) is 6.07 Å². The molecule has 1 heterocycles. The summed E-state index contributed by atoms with van der Waals surface area (Å²) in [5.41, 5.74) is 0.787. The maximum Gasteiger partial charge on any atom is 0.274 e. The second kappa shape index (κ2) is 6.62. The number of pyridine rings is 1. The number of carbonyl (C=O) groups is 1. The van der Waals surface area contributed by atoms with Gasteiger partial charge in [-0.1, -0.05) is 0 Å². The molecule has 1 aromatic carbocycles. The van der Waals surface area contributed by atoms with Crippen LogP contribution in [0.3, 0.4) is 0 Å². The number of halogens is 3. The number of hydrogen-bond donors (Lipinski definition) is 2. The zero-order chi connectivity index (χ0) is 15.4. The number of amides is 1. The molecule has 110 valence electrons. The van der Waals surface area contributed by atoms with E-state index < -0.39 is 17.5 Å². The first kappa shape index (κ1) is 15.4. The Kier molecular flexibility index (Phi) is 4.85. The molecular formula is C14H12BrF2N3O. The van der Waals surface area contributed by atoms with Crippen molar-refractivity contribution in [2.75, 3.05) is 17.2 Å². The number of nitrogens with one attached hydrogen (secondary N) is 2. The van der Waals surface area contributed by atoms with Gasteiger partial charge in [-0.05, 0) is 41.1 Å². The molecular weight excluding hydrogens is 344 g/mol. The SMILES string of the molecule is CCNc1ccc(C(=O)Nc2c(F)cc(F)cc2Br)nc1. The van der Waals surface area contributed by atoms with E-state index in [-0.39, 0.29) is 15.9 Å². The molecule has 0 fully saturated rings. The first-order valence-electron chi connectivity index (χ1n) is 6.17. The van der Waals surface area contributed by atoms with Gasteiger partial charge >= 0.3 is 0 Å². The largest absolute Gasteiger partial charge is 0.384 e. The van der Waals surface area contributed by atoms with Crippen LogP contribution < -0.4 is 10.6 Å². The third-order valence-electron chi connectivity index (χ3n) is 2.62. The monoisotopic (exact) mass is 355 g/mol. The molecule has 0 aliphatic carbocycles. The van der Waals surface area contributed by atoms with E-state index >= 15 is 0 Å². The molecule has 2 rings (SSSR count). The van der Waals surface area contributed by atoms with Gasteiger partial charge in [0.25, 0.3) is 5.91 Å². The van der Waals surface area contributed by atoms with Crippen LogP contribution in [-0.2, 0) is 0 Å². The molecule has 0 saturated carbocycles. The van der Waals surface area contributed by atoms with E-state index in [2.05, 4.69) is 31.5 Å². The van der Waals surface area contributed by atoms with E-state index in [4.69, 9.17) is 0 Å². The maximum atomic E-state index is 13.6. The van der Waals surface area contributed by atoms with Crippen LogP contribution in [0.25, 0.3) is 0 Å². The summed E-state index contributed by atoms with van der Waals surface area (Å²) in [5, 5.41) is 5.41. The standard InChI is InChI=1S/C14H12BrF2N3O/c1-2-18-9-3-4-12(19-7-9)14(21)20-13-10(15)5-8(16)6-11(13)17/h3-7,18H,2H2,1H3,(H,20,21). The number of carbonyl (C=O) groups excluding carboxylic acids is 1. The van der Waals surface area contributed by atoms with Crippen molar-refractivity contribution >= 4 is 33.2 Å². The van der Waals surface area contributed by atoms with Gasteiger partial charge in [-0.25, -0.2) is 13.8 Å². The Morgan fingerprint density at radius 3 is 2.67 bits per heavy atom. The van der Waals surface area contributed by atoms with Crippen molar-refractivity contribution in [3.63, 3.8) is 0 Å². The summed E-state index contributed by atoms with van der Waals surface area (Å²) in [6.45, 7) is 2.68. The van der Waals surface area contributed by atoms with Gasteiger partial charge in [0.05, 0.1) is 17.6 Å². The lowest BCUT2D eigenvalue weighted by Gasteiger charge is -2.09. The third kappa shape index (κ3) is 3.75. The van der Waals surface area contributed by atoms with Crippen molar-refractivity contribution in [1.29, 1.82) is 0 Å². The maximum absolute atomic E-state index is 13.6. The van der Waals surface area contributed by atoms with Crippen LogP contribution in [0.15, 0.2) is 34.9 Å². The summed E-state index contributed by atoms with van der Waals surface area (Å²) < 4.78 is 26.7. The van der Waals surface area contributed by atoms with Gasteiger partial charge in [0.15, 0.2) is 5.82 Å². The number of nitrogens with zero attached hydrogens (tertiary/aromatic N) is 1. The van der Waals surface area contributed by atoms with E-state index in [1.165, 1.54) is 12.3 Å². The van der Waals surface area contributed by atoms with Crippen molar-refractivity contribution in [3.05, 3.63) is 52.3 Å². The molecule has 4 nitrogen and oxygen atoms in total. The molecule has 0 saturated heterocycles. The average Bonchev–Trinajstić information content (AvgIpc) is 2.43. The first-order chi connectivity index (χ1) is 10.0. The highest BCUT2D eigenvalue weighted by atomic mass is 79.9. The second-order valence-corrected chi connectivity index (χ2v) is 5.02. The van der Waals surface area contributed by atoms with Gasteiger partial charge in [0, 0.05) is 17.1 Å². The highest BCUT2D eigenvalue weighted by Gasteiger charge is 2.14. The van der Waals surface area contributed by atoms with Gasteiger partial charge in [0.2, 0.25) is 0 Å². The topological polar surface area (TPSA) is 54.0 Å². The van der Waals surface area contributed by atoms with E-state index in [0.29, 0.717) is 6.07 Å². The lowest BCUT2D eigenvalue weighted by Crippen LogP contribution is -2.15. The minimum Gasteiger partial charge on any atom is -0.384 e. The Morgan fingerprint density at radius 2 is 2.10 bits per heavy atom. The zero-order valence-corrected chi connectivity index (χ0v) is 12.7. The molecule has 0 spiro atoms. The molecule has 0 bridgehead atoms. The molecule has 1 amide bonds. The van der Waals surface area contributed by atoms with Gasteiger partial charge in [-0.15, -0.1) is 0 Å². The summed E-state index contributed by atoms with van der Waals surface area (Å²) in [7, 11) is 0. The fourth-order valence-electron chi connectivity index (χ4n) is 1.68. The molecule has 7 heteroatoms. The van der Waals surface area contributed by atoms with Gasteiger partial charge in [0.1, 0.15) is 11.5 Å². The Balaban J connectivity index is 2.18. The third-order valence-corrected chi connectivity index (χ3v) is 3.25. The lowest BCUT2D eigenvalue weighted by atomic mass is 10.2. The highest BCUT2D eigenvalue weighted by Crippen LogP contribution is 2.27. The van der Waals surface area contributed by atoms with Crippen LogP contribution in [0, 0.1) is 11.6 Å². The molecule has 0 aliphatic rings. The molecule has 0 aliphatic heterocycles. The van der Waals surface area contributed by atoms with E-state index in [1.807, 2.05) is 6.92 Å². The summed E-state index contributed by atoms with van der Waals surface area (Å²) in [4.78, 5) is 16.0. The van der Waals surface area contributed by atoms with Crippen LogP contribution in [0.5, 0.6) is 0 Å². The molecule has 21 heavy (non-hydrogen) atoms. The Morgan fingerprint density at radius 1 is 1.33 bits per heavy atom. The Hall–Kier alpha value is -2.02. The predicted octanol–water partition coefficient (Wildman–Crippen LogP) is 3.81. The summed E-state index contributed by atoms with van der Waals surface area (Å²) >= 11 is 3.01. The van der Waals surface area contributed by atoms with Crippen LogP contribution in [0.1, 0.15) is 17.4 Å². The van der Waals surface area contributed by atoms with Crippen LogP contribution >= 0.6 is 15.9 Å². The van der Waals surface area contributed by atoms with E-state index in [0.717, 1.165) is 18.3 Å². The van der Waals surface area contributed by atoms with Crippen LogP contribution in [0.2, 0.25) is 0 Å². The zero-order valence-electron chi connectivity index (χ0n) is 11.1. The predicted molar refractivity (Wildman–Crippen MR) is 80.4 cm³/mol. The van der Waals surface area contributed by atoms with Crippen LogP contribution in [-0.4, -0.2) is 17.4 Å². The summed E-state index contributed by atoms with van der Waals surface area (Å²) in [5.74, 6) is -2.17. The minimum absolute atomic E-state index is 0.123. The Bertz CT molecular complexity index is 639. The number of aromatic nitrogens is 1. The number of benzene rings is 1. The molecule has 1 aromatic heterocycles. The molecule has 2 N–H and O–H groups in total. The minimum atomic E-state index is -0.862. The smallest absolute Gasteiger partial charge is 0.274 e. The first-order valence-corrected chi connectivity index (χ1v) is 6.96. The summed E-state index contributed by atoms with van der Waals surface area (Å²) in [6, 6.07) is 4.98. The van der Waals surface area contributed by atoms with Crippen molar-refractivity contribution in [2.45, 2.75) is 6.92 Å². The van der Waals surface area contributed by atoms with Crippen molar-refractivity contribution < 1.29 is 13.6 Å². The molecule has 0 atom stereocenters. The van der Waals surface area contributed by atoms with Crippen LogP contribution in [0.4, 0.5) is 20.2 Å². The fourth-order valence-corrected chi connectivity index (χ4v) is 2.18. The quantitative estimate of drug-likeness (QED) is 0.876. The normalized spacial score (nSPS) is 10.3. The molecule has 0 unspecified atom stereocenters.